The largest absolute Gasteiger partial charge is 0.0651 e. The third-order valence-corrected chi connectivity index (χ3v) is 4.76. The fourth-order valence-electron chi connectivity index (χ4n) is 2.88. The fourth-order valence-corrected chi connectivity index (χ4v) is 2.88. The Morgan fingerprint density at radius 3 is 2.13 bits per heavy atom. The maximum atomic E-state index is 2.42. The minimum Gasteiger partial charge on any atom is -0.0651 e. The third-order valence-electron chi connectivity index (χ3n) is 4.76. The van der Waals surface area contributed by atoms with Crippen LogP contribution in [0, 0.1) is 29.6 Å². The Balaban J connectivity index is 2.16. The summed E-state index contributed by atoms with van der Waals surface area (Å²) in [6.07, 6.45) is 7.30. The van der Waals surface area contributed by atoms with Gasteiger partial charge in [0.15, 0.2) is 0 Å². The van der Waals surface area contributed by atoms with Crippen molar-refractivity contribution in [3.05, 3.63) is 0 Å². The van der Waals surface area contributed by atoms with E-state index in [0.717, 1.165) is 29.6 Å². The van der Waals surface area contributed by atoms with Crippen LogP contribution in [-0.4, -0.2) is 0 Å². The average molecular weight is 210 g/mol. The van der Waals surface area contributed by atoms with E-state index in [9.17, 15) is 0 Å². The Morgan fingerprint density at radius 2 is 1.67 bits per heavy atom. The van der Waals surface area contributed by atoms with Crippen LogP contribution in [0.1, 0.15) is 66.7 Å². The molecule has 0 aromatic rings. The molecule has 0 bridgehead atoms. The van der Waals surface area contributed by atoms with Crippen LogP contribution in [-0.2, 0) is 0 Å². The Labute approximate surface area is 96.8 Å². The molecule has 1 rings (SSSR count). The maximum absolute atomic E-state index is 2.42. The SMILES string of the molecule is CCC(CC)C1CC1CCC(C)C(C)C. The molecule has 3 unspecified atom stereocenters. The van der Waals surface area contributed by atoms with Crippen molar-refractivity contribution in [3.63, 3.8) is 0 Å². The van der Waals surface area contributed by atoms with Crippen molar-refractivity contribution in [3.8, 4) is 0 Å². The molecular formula is C15H30. The molecule has 0 amide bonds. The van der Waals surface area contributed by atoms with Crippen molar-refractivity contribution in [2.24, 2.45) is 29.6 Å². The van der Waals surface area contributed by atoms with Gasteiger partial charge in [0.1, 0.15) is 0 Å². The second-order valence-corrected chi connectivity index (χ2v) is 6.03. The first-order chi connectivity index (χ1) is 7.10. The van der Waals surface area contributed by atoms with E-state index in [1.165, 1.54) is 32.1 Å². The molecule has 0 heterocycles. The van der Waals surface area contributed by atoms with E-state index in [-0.39, 0.29) is 0 Å². The van der Waals surface area contributed by atoms with Gasteiger partial charge in [0.05, 0.1) is 0 Å². The highest BCUT2D eigenvalue weighted by molar-refractivity contribution is 4.90. The molecule has 0 saturated heterocycles. The number of hydrogen-bond donors (Lipinski definition) is 0. The molecule has 0 aliphatic heterocycles. The second-order valence-electron chi connectivity index (χ2n) is 6.03. The van der Waals surface area contributed by atoms with Gasteiger partial charge < -0.3 is 0 Å². The first-order valence-electron chi connectivity index (χ1n) is 7.10. The van der Waals surface area contributed by atoms with Crippen molar-refractivity contribution in [2.45, 2.75) is 66.7 Å². The van der Waals surface area contributed by atoms with Gasteiger partial charge in [-0.25, -0.2) is 0 Å². The summed E-state index contributed by atoms with van der Waals surface area (Å²) in [6.45, 7) is 11.9. The zero-order valence-electron chi connectivity index (χ0n) is 11.4. The van der Waals surface area contributed by atoms with Gasteiger partial charge in [0, 0.05) is 0 Å². The van der Waals surface area contributed by atoms with Crippen LogP contribution in [0.4, 0.5) is 0 Å². The van der Waals surface area contributed by atoms with Crippen molar-refractivity contribution in [2.75, 3.05) is 0 Å². The first-order valence-corrected chi connectivity index (χ1v) is 7.10. The predicted octanol–water partition coefficient (Wildman–Crippen LogP) is 5.13. The van der Waals surface area contributed by atoms with Crippen LogP contribution < -0.4 is 0 Å². The van der Waals surface area contributed by atoms with E-state index >= 15 is 0 Å². The lowest BCUT2D eigenvalue weighted by molar-refractivity contribution is 0.350. The quantitative estimate of drug-likeness (QED) is 0.546. The summed E-state index contributed by atoms with van der Waals surface area (Å²) in [5.41, 5.74) is 0. The Morgan fingerprint density at radius 1 is 1.07 bits per heavy atom. The molecule has 0 aromatic carbocycles. The summed E-state index contributed by atoms with van der Waals surface area (Å²) in [4.78, 5) is 0. The lowest BCUT2D eigenvalue weighted by atomic mass is 9.90. The summed E-state index contributed by atoms with van der Waals surface area (Å²) in [7, 11) is 0. The van der Waals surface area contributed by atoms with Gasteiger partial charge in [-0.1, -0.05) is 53.9 Å². The lowest BCUT2D eigenvalue weighted by Gasteiger charge is -2.16. The minimum atomic E-state index is 0.871. The molecule has 0 spiro atoms. The molecule has 0 radical (unpaired) electrons. The normalized spacial score (nSPS) is 27.4. The molecule has 0 heteroatoms. The smallest absolute Gasteiger partial charge is 0.0355 e. The minimum absolute atomic E-state index is 0.871. The van der Waals surface area contributed by atoms with Crippen LogP contribution in [0.15, 0.2) is 0 Å². The van der Waals surface area contributed by atoms with Gasteiger partial charge in [-0.2, -0.15) is 0 Å². The van der Waals surface area contributed by atoms with E-state index < -0.39 is 0 Å². The number of rotatable bonds is 7. The molecule has 1 saturated carbocycles. The van der Waals surface area contributed by atoms with Crippen molar-refractivity contribution in [1.82, 2.24) is 0 Å². The predicted molar refractivity (Wildman–Crippen MR) is 68.9 cm³/mol. The van der Waals surface area contributed by atoms with Crippen LogP contribution in [0.5, 0.6) is 0 Å². The molecule has 0 nitrogen and oxygen atoms in total. The molecule has 1 fully saturated rings. The highest BCUT2D eigenvalue weighted by Crippen LogP contribution is 2.49. The zero-order chi connectivity index (χ0) is 11.4. The molecule has 3 atom stereocenters. The summed E-state index contributed by atoms with van der Waals surface area (Å²) in [6, 6.07) is 0. The molecule has 0 N–H and O–H groups in total. The van der Waals surface area contributed by atoms with E-state index in [1.54, 1.807) is 0 Å². The van der Waals surface area contributed by atoms with Crippen LogP contribution >= 0.6 is 0 Å². The van der Waals surface area contributed by atoms with E-state index in [4.69, 9.17) is 0 Å². The molecule has 15 heavy (non-hydrogen) atoms. The molecule has 0 aromatic heterocycles. The topological polar surface area (TPSA) is 0 Å². The van der Waals surface area contributed by atoms with Gasteiger partial charge >= 0.3 is 0 Å². The van der Waals surface area contributed by atoms with E-state index in [1.807, 2.05) is 0 Å². The monoisotopic (exact) mass is 210 g/mol. The molecule has 1 aliphatic rings. The van der Waals surface area contributed by atoms with Crippen LogP contribution in [0.25, 0.3) is 0 Å². The highest BCUT2D eigenvalue weighted by atomic mass is 14.5. The lowest BCUT2D eigenvalue weighted by Crippen LogP contribution is -2.05. The van der Waals surface area contributed by atoms with Crippen LogP contribution in [0.2, 0.25) is 0 Å². The third kappa shape index (κ3) is 3.81. The van der Waals surface area contributed by atoms with Crippen molar-refractivity contribution >= 4 is 0 Å². The van der Waals surface area contributed by atoms with Crippen LogP contribution in [0.3, 0.4) is 0 Å². The number of hydrogen-bond acceptors (Lipinski definition) is 0. The first kappa shape index (κ1) is 13.1. The van der Waals surface area contributed by atoms with Gasteiger partial charge in [-0.05, 0) is 42.4 Å². The van der Waals surface area contributed by atoms with Crippen molar-refractivity contribution < 1.29 is 0 Å². The fraction of sp³-hybridized carbons (Fsp3) is 1.00. The average Bonchev–Trinajstić information content (AvgIpc) is 2.96. The standard InChI is InChI=1S/C15H30/c1-6-13(7-2)15-10-14(15)9-8-12(5)11(3)4/h11-15H,6-10H2,1-5H3. The molecule has 90 valence electrons. The summed E-state index contributed by atoms with van der Waals surface area (Å²) < 4.78 is 0. The second kappa shape index (κ2) is 5.92. The molecular weight excluding hydrogens is 180 g/mol. The Bertz CT molecular complexity index is 167. The Kier molecular flexibility index (Phi) is 5.15. The summed E-state index contributed by atoms with van der Waals surface area (Å²) in [5, 5.41) is 0. The maximum Gasteiger partial charge on any atom is -0.0355 e. The molecule has 1 aliphatic carbocycles. The van der Waals surface area contributed by atoms with E-state index in [0.29, 0.717) is 0 Å². The van der Waals surface area contributed by atoms with Gasteiger partial charge in [0.25, 0.3) is 0 Å². The highest BCUT2D eigenvalue weighted by Gasteiger charge is 2.40. The van der Waals surface area contributed by atoms with Gasteiger partial charge in [0.2, 0.25) is 0 Å². The zero-order valence-corrected chi connectivity index (χ0v) is 11.4. The summed E-state index contributed by atoms with van der Waals surface area (Å²) >= 11 is 0. The van der Waals surface area contributed by atoms with Gasteiger partial charge in [-0.3, -0.25) is 0 Å². The van der Waals surface area contributed by atoms with Gasteiger partial charge in [-0.15, -0.1) is 0 Å². The van der Waals surface area contributed by atoms with Crippen molar-refractivity contribution in [1.29, 1.82) is 0 Å². The Hall–Kier alpha value is 0. The van der Waals surface area contributed by atoms with E-state index in [2.05, 4.69) is 34.6 Å². The summed E-state index contributed by atoms with van der Waals surface area (Å²) in [5.74, 6) is 5.02.